The van der Waals surface area contributed by atoms with Crippen molar-refractivity contribution in [1.82, 2.24) is 0 Å². The van der Waals surface area contributed by atoms with Crippen LogP contribution in [0.25, 0.3) is 0 Å². The number of hydrogen-bond donors (Lipinski definition) is 0. The Balaban J connectivity index is 0. The summed E-state index contributed by atoms with van der Waals surface area (Å²) in [5.41, 5.74) is 0. The molecule has 0 aromatic rings. The van der Waals surface area contributed by atoms with E-state index in [2.05, 4.69) is 31.9 Å². The lowest BCUT2D eigenvalue weighted by Gasteiger charge is -1.92. The average molecular weight is 350 g/mol. The molecule has 0 fully saturated rings. The highest BCUT2D eigenvalue weighted by Gasteiger charge is 2.21. The minimum Gasteiger partial charge on any atom is -0.167 e. The maximum absolute atomic E-state index is 10.9. The first-order valence-corrected chi connectivity index (χ1v) is 4.65. The number of rotatable bonds is 0. The van der Waals surface area contributed by atoms with Gasteiger partial charge in [-0.2, -0.15) is 26.3 Å². The maximum atomic E-state index is 10.9. The Kier molecular flexibility index (Phi) is 8.61. The van der Waals surface area contributed by atoms with Crippen molar-refractivity contribution in [1.29, 1.82) is 0 Å². The minimum atomic E-state index is -4.18. The molecule has 8 heteroatoms. The Labute approximate surface area is 92.9 Å². The molecule has 0 aliphatic heterocycles. The lowest BCUT2D eigenvalue weighted by atomic mass is 10.6. The maximum Gasteiger partial charge on any atom is 0.410 e. The molecule has 0 aliphatic rings. The van der Waals surface area contributed by atoms with Gasteiger partial charge in [-0.3, -0.25) is 0 Å². The zero-order chi connectivity index (χ0) is 11.8. The molecule has 0 saturated carbocycles. The Morgan fingerprint density at radius 3 is 0.857 bits per heavy atom. The quantitative estimate of drug-likeness (QED) is 0.545. The molecular formula is C6H4Br2F6. The van der Waals surface area contributed by atoms with E-state index < -0.39 is 12.4 Å². The highest BCUT2D eigenvalue weighted by atomic mass is 79.9. The first-order valence-electron chi connectivity index (χ1n) is 2.81. The fourth-order valence-corrected chi connectivity index (χ4v) is 0.742. The van der Waals surface area contributed by atoms with Crippen LogP contribution < -0.4 is 0 Å². The molecule has 0 unspecified atom stereocenters. The van der Waals surface area contributed by atoms with Crippen LogP contribution in [0.5, 0.6) is 0 Å². The van der Waals surface area contributed by atoms with E-state index >= 15 is 0 Å². The first-order chi connectivity index (χ1) is 6.12. The minimum absolute atomic E-state index is 0.104. The Hall–Kier alpha value is 0.0200. The van der Waals surface area contributed by atoms with Gasteiger partial charge in [0.2, 0.25) is 0 Å². The van der Waals surface area contributed by atoms with Crippen molar-refractivity contribution >= 4 is 31.9 Å². The number of halogens is 8. The van der Waals surface area contributed by atoms with Crippen LogP contribution in [-0.2, 0) is 0 Å². The smallest absolute Gasteiger partial charge is 0.167 e. The molecule has 0 nitrogen and oxygen atoms in total. The van der Waals surface area contributed by atoms with Crippen molar-refractivity contribution in [2.45, 2.75) is 12.4 Å². The largest absolute Gasteiger partial charge is 0.410 e. The zero-order valence-corrected chi connectivity index (χ0v) is 9.51. The number of alkyl halides is 6. The van der Waals surface area contributed by atoms with E-state index in [-0.39, 0.29) is 12.2 Å². The summed E-state index contributed by atoms with van der Waals surface area (Å²) >= 11 is 4.97. The van der Waals surface area contributed by atoms with E-state index in [9.17, 15) is 26.3 Å². The molecular weight excluding hydrogens is 346 g/mol. The molecule has 14 heavy (non-hydrogen) atoms. The molecule has 0 bridgehead atoms. The van der Waals surface area contributed by atoms with E-state index in [1.807, 2.05) is 0 Å². The second-order valence-electron chi connectivity index (χ2n) is 1.67. The van der Waals surface area contributed by atoms with E-state index in [4.69, 9.17) is 0 Å². The normalized spacial score (nSPS) is 13.1. The van der Waals surface area contributed by atoms with Crippen LogP contribution >= 0.6 is 31.9 Å². The third kappa shape index (κ3) is 22.7. The lowest BCUT2D eigenvalue weighted by Crippen LogP contribution is -1.99. The van der Waals surface area contributed by atoms with Crippen LogP contribution in [0.15, 0.2) is 22.1 Å². The highest BCUT2D eigenvalue weighted by Crippen LogP contribution is 2.16. The predicted molar refractivity (Wildman–Crippen MR) is 48.2 cm³/mol. The topological polar surface area (TPSA) is 0 Å². The first kappa shape index (κ1) is 16.4. The van der Waals surface area contributed by atoms with Gasteiger partial charge in [0, 0.05) is 12.2 Å². The van der Waals surface area contributed by atoms with Gasteiger partial charge in [-0.05, 0) is 9.97 Å². The molecule has 0 N–H and O–H groups in total. The molecule has 0 aromatic heterocycles. The van der Waals surface area contributed by atoms with Crippen molar-refractivity contribution < 1.29 is 26.3 Å². The molecule has 0 saturated heterocycles. The lowest BCUT2D eigenvalue weighted by molar-refractivity contribution is -0.0805. The van der Waals surface area contributed by atoms with Crippen molar-refractivity contribution in [2.24, 2.45) is 0 Å². The monoisotopic (exact) mass is 348 g/mol. The molecule has 0 radical (unpaired) electrons. The Morgan fingerprint density at radius 1 is 0.643 bits per heavy atom. The summed E-state index contributed by atoms with van der Waals surface area (Å²) in [6.45, 7) is 0. The second-order valence-corrected chi connectivity index (χ2v) is 2.73. The van der Waals surface area contributed by atoms with Gasteiger partial charge >= 0.3 is 12.4 Å². The van der Waals surface area contributed by atoms with Crippen molar-refractivity contribution in [2.75, 3.05) is 0 Å². The third-order valence-electron chi connectivity index (χ3n) is 0.504. The Bertz CT molecular complexity index is 167. The second kappa shape index (κ2) is 7.33. The summed E-state index contributed by atoms with van der Waals surface area (Å²) in [5.74, 6) is 0. The predicted octanol–water partition coefficient (Wildman–Crippen LogP) is 4.91. The third-order valence-corrected chi connectivity index (χ3v) is 1.03. The van der Waals surface area contributed by atoms with Gasteiger partial charge in [0.1, 0.15) is 0 Å². The van der Waals surface area contributed by atoms with Crippen LogP contribution in [0.1, 0.15) is 0 Å². The molecule has 0 amide bonds. The number of hydrogen-bond acceptors (Lipinski definition) is 0. The SMILES string of the molecule is FC(F)(F)/C=C\Br.FC(F)(F)/C=C\Br. The molecule has 0 spiro atoms. The van der Waals surface area contributed by atoms with E-state index in [1.54, 1.807) is 0 Å². The molecule has 0 heterocycles. The Morgan fingerprint density at radius 2 is 0.857 bits per heavy atom. The summed E-state index contributed by atoms with van der Waals surface area (Å²) in [6.07, 6.45) is -8.15. The van der Waals surface area contributed by atoms with Crippen LogP contribution in [0, 0.1) is 0 Å². The van der Waals surface area contributed by atoms with E-state index in [0.717, 1.165) is 9.97 Å². The van der Waals surface area contributed by atoms with Gasteiger partial charge in [0.25, 0.3) is 0 Å². The van der Waals surface area contributed by atoms with Crippen molar-refractivity contribution in [3.8, 4) is 0 Å². The zero-order valence-electron chi connectivity index (χ0n) is 6.33. The molecule has 0 rings (SSSR count). The van der Waals surface area contributed by atoms with Crippen molar-refractivity contribution in [3.63, 3.8) is 0 Å². The summed E-state index contributed by atoms with van der Waals surface area (Å²) in [4.78, 5) is 1.54. The van der Waals surface area contributed by atoms with Crippen molar-refractivity contribution in [3.05, 3.63) is 22.1 Å². The van der Waals surface area contributed by atoms with Gasteiger partial charge in [-0.25, -0.2) is 0 Å². The summed E-state index contributed by atoms with van der Waals surface area (Å²) in [7, 11) is 0. The summed E-state index contributed by atoms with van der Waals surface area (Å²) in [5, 5.41) is 0. The molecule has 84 valence electrons. The summed E-state index contributed by atoms with van der Waals surface area (Å²) in [6, 6.07) is 0. The average Bonchev–Trinajstić information content (AvgIpc) is 1.81. The van der Waals surface area contributed by atoms with Crippen LogP contribution in [0.4, 0.5) is 26.3 Å². The van der Waals surface area contributed by atoms with Crippen LogP contribution in [-0.4, -0.2) is 12.4 Å². The van der Waals surface area contributed by atoms with Gasteiger partial charge < -0.3 is 0 Å². The highest BCUT2D eigenvalue weighted by molar-refractivity contribution is 9.11. The number of allylic oxidation sites excluding steroid dienone is 2. The van der Waals surface area contributed by atoms with E-state index in [1.165, 1.54) is 0 Å². The van der Waals surface area contributed by atoms with Crippen LogP contribution in [0.2, 0.25) is 0 Å². The summed E-state index contributed by atoms with van der Waals surface area (Å²) < 4.78 is 65.6. The molecule has 0 aromatic carbocycles. The fourth-order valence-electron chi connectivity index (χ4n) is 0.143. The van der Waals surface area contributed by atoms with Gasteiger partial charge in [-0.15, -0.1) is 0 Å². The fraction of sp³-hybridized carbons (Fsp3) is 0.333. The van der Waals surface area contributed by atoms with Gasteiger partial charge in [-0.1, -0.05) is 31.9 Å². The standard InChI is InChI=1S/2C3H2BrF3/c2*4-2-1-3(5,6)7/h2*1-2H/b2*2-1-. The molecule has 0 atom stereocenters. The van der Waals surface area contributed by atoms with Gasteiger partial charge in [0.15, 0.2) is 0 Å². The molecule has 0 aliphatic carbocycles. The van der Waals surface area contributed by atoms with Crippen LogP contribution in [0.3, 0.4) is 0 Å². The van der Waals surface area contributed by atoms with Gasteiger partial charge in [0.05, 0.1) is 0 Å². The van der Waals surface area contributed by atoms with E-state index in [0.29, 0.717) is 0 Å².